The predicted molar refractivity (Wildman–Crippen MR) is 107 cm³/mol. The van der Waals surface area contributed by atoms with E-state index in [2.05, 4.69) is 10.3 Å². The molecule has 0 unspecified atom stereocenters. The van der Waals surface area contributed by atoms with E-state index in [1.165, 1.54) is 34.7 Å². The average Bonchev–Trinajstić information content (AvgIpc) is 2.73. The summed E-state index contributed by atoms with van der Waals surface area (Å²) in [7, 11) is 0. The van der Waals surface area contributed by atoms with Gasteiger partial charge in [-0.05, 0) is 48.5 Å². The van der Waals surface area contributed by atoms with Crippen LogP contribution in [-0.4, -0.2) is 15.3 Å². The van der Waals surface area contributed by atoms with Crippen molar-refractivity contribution in [3.63, 3.8) is 0 Å². The number of amides is 1. The second-order valence-electron chi connectivity index (χ2n) is 6.26. The Hall–Kier alpha value is -4.00. The summed E-state index contributed by atoms with van der Waals surface area (Å²) in [5.41, 5.74) is 1.58. The van der Waals surface area contributed by atoms with Gasteiger partial charge >= 0.3 is 0 Å². The minimum atomic E-state index is -0.413. The zero-order valence-corrected chi connectivity index (χ0v) is 15.2. The SMILES string of the molecule is O=C(Nc1ccccc1OCc1cc(=O)n2ccccc2n1)c1ccc(F)cc1. The van der Waals surface area contributed by atoms with E-state index in [-0.39, 0.29) is 18.1 Å². The van der Waals surface area contributed by atoms with Gasteiger partial charge in [-0.25, -0.2) is 9.37 Å². The van der Waals surface area contributed by atoms with Crippen molar-refractivity contribution in [1.29, 1.82) is 0 Å². The zero-order valence-electron chi connectivity index (χ0n) is 15.2. The number of carbonyl (C=O) groups is 1. The molecule has 2 aromatic heterocycles. The molecule has 0 bridgehead atoms. The smallest absolute Gasteiger partial charge is 0.258 e. The molecule has 4 rings (SSSR count). The number of para-hydroxylation sites is 2. The predicted octanol–water partition coefficient (Wildman–Crippen LogP) is 3.66. The number of carbonyl (C=O) groups excluding carboxylic acids is 1. The van der Waals surface area contributed by atoms with Gasteiger partial charge in [0.05, 0.1) is 11.4 Å². The lowest BCUT2D eigenvalue weighted by molar-refractivity contribution is 0.102. The van der Waals surface area contributed by atoms with Crippen molar-refractivity contribution in [3.05, 3.63) is 106 Å². The summed E-state index contributed by atoms with van der Waals surface area (Å²) in [5, 5.41) is 2.75. The highest BCUT2D eigenvalue weighted by molar-refractivity contribution is 6.04. The van der Waals surface area contributed by atoms with Crippen LogP contribution in [0.4, 0.5) is 10.1 Å². The number of benzene rings is 2. The Morgan fingerprint density at radius 3 is 2.62 bits per heavy atom. The first-order valence-electron chi connectivity index (χ1n) is 8.86. The summed E-state index contributed by atoms with van der Waals surface area (Å²) in [6, 6.07) is 18.9. The van der Waals surface area contributed by atoms with Crippen LogP contribution >= 0.6 is 0 Å². The van der Waals surface area contributed by atoms with Crippen LogP contribution in [0.5, 0.6) is 5.75 Å². The van der Waals surface area contributed by atoms with Crippen LogP contribution in [0.1, 0.15) is 16.1 Å². The van der Waals surface area contributed by atoms with Crippen molar-refractivity contribution in [2.24, 2.45) is 0 Å². The van der Waals surface area contributed by atoms with E-state index >= 15 is 0 Å². The van der Waals surface area contributed by atoms with E-state index in [4.69, 9.17) is 4.74 Å². The van der Waals surface area contributed by atoms with Crippen LogP contribution in [0.2, 0.25) is 0 Å². The normalized spacial score (nSPS) is 10.7. The van der Waals surface area contributed by atoms with Crippen molar-refractivity contribution in [1.82, 2.24) is 9.38 Å². The lowest BCUT2D eigenvalue weighted by atomic mass is 10.2. The number of rotatable bonds is 5. The lowest BCUT2D eigenvalue weighted by Gasteiger charge is -2.12. The summed E-state index contributed by atoms with van der Waals surface area (Å²) >= 11 is 0. The zero-order chi connectivity index (χ0) is 20.2. The molecule has 4 aromatic rings. The van der Waals surface area contributed by atoms with E-state index in [9.17, 15) is 14.0 Å². The van der Waals surface area contributed by atoms with E-state index in [0.29, 0.717) is 28.3 Å². The monoisotopic (exact) mass is 389 g/mol. The lowest BCUT2D eigenvalue weighted by Crippen LogP contribution is -2.16. The molecule has 2 heterocycles. The molecular formula is C22H16FN3O3. The number of fused-ring (bicyclic) bond motifs is 1. The molecule has 0 spiro atoms. The van der Waals surface area contributed by atoms with Crippen molar-refractivity contribution in [3.8, 4) is 5.75 Å². The number of pyridine rings is 1. The maximum absolute atomic E-state index is 13.0. The molecule has 0 saturated heterocycles. The second-order valence-corrected chi connectivity index (χ2v) is 6.26. The first kappa shape index (κ1) is 18.4. The van der Waals surface area contributed by atoms with Gasteiger partial charge in [-0.15, -0.1) is 0 Å². The molecule has 0 atom stereocenters. The Balaban J connectivity index is 1.52. The molecule has 29 heavy (non-hydrogen) atoms. The Morgan fingerprint density at radius 1 is 1.03 bits per heavy atom. The van der Waals surface area contributed by atoms with E-state index in [1.807, 2.05) is 0 Å². The first-order valence-corrected chi connectivity index (χ1v) is 8.86. The van der Waals surface area contributed by atoms with Crippen LogP contribution in [0, 0.1) is 5.82 Å². The molecule has 7 heteroatoms. The van der Waals surface area contributed by atoms with E-state index < -0.39 is 5.82 Å². The number of nitrogens with one attached hydrogen (secondary N) is 1. The quantitative estimate of drug-likeness (QED) is 0.565. The number of aromatic nitrogens is 2. The topological polar surface area (TPSA) is 72.7 Å². The Bertz CT molecular complexity index is 1240. The highest BCUT2D eigenvalue weighted by Crippen LogP contribution is 2.25. The van der Waals surface area contributed by atoms with Crippen LogP contribution in [0.15, 0.2) is 83.8 Å². The molecule has 0 aliphatic rings. The minimum absolute atomic E-state index is 0.0596. The van der Waals surface area contributed by atoms with Crippen LogP contribution in [-0.2, 0) is 6.61 Å². The van der Waals surface area contributed by atoms with Gasteiger partial charge in [0, 0.05) is 17.8 Å². The van der Waals surface area contributed by atoms with Crippen molar-refractivity contribution < 1.29 is 13.9 Å². The number of anilines is 1. The van der Waals surface area contributed by atoms with Crippen LogP contribution in [0.3, 0.4) is 0 Å². The highest BCUT2D eigenvalue weighted by atomic mass is 19.1. The molecule has 6 nitrogen and oxygen atoms in total. The van der Waals surface area contributed by atoms with Gasteiger partial charge in [0.2, 0.25) is 0 Å². The maximum Gasteiger partial charge on any atom is 0.258 e. The third-order valence-corrected chi connectivity index (χ3v) is 4.24. The number of ether oxygens (including phenoxy) is 1. The third kappa shape index (κ3) is 4.14. The summed E-state index contributed by atoms with van der Waals surface area (Å²) < 4.78 is 20.3. The van der Waals surface area contributed by atoms with Gasteiger partial charge < -0.3 is 10.1 Å². The molecule has 0 aliphatic carbocycles. The van der Waals surface area contributed by atoms with Gasteiger partial charge in [-0.1, -0.05) is 18.2 Å². The van der Waals surface area contributed by atoms with Gasteiger partial charge in [-0.2, -0.15) is 0 Å². The fourth-order valence-corrected chi connectivity index (χ4v) is 2.82. The highest BCUT2D eigenvalue weighted by Gasteiger charge is 2.11. The molecule has 1 amide bonds. The Kier molecular flexibility index (Phi) is 5.03. The van der Waals surface area contributed by atoms with Gasteiger partial charge in [0.15, 0.2) is 0 Å². The Morgan fingerprint density at radius 2 is 1.79 bits per heavy atom. The Labute approximate surface area is 165 Å². The summed E-state index contributed by atoms with van der Waals surface area (Å²) in [6.07, 6.45) is 1.65. The van der Waals surface area contributed by atoms with Crippen molar-refractivity contribution >= 4 is 17.2 Å². The standard InChI is InChI=1S/C22H16FN3O3/c23-16-10-8-15(9-11-16)22(28)25-18-5-1-2-6-19(18)29-14-17-13-21(27)26-12-4-3-7-20(26)24-17/h1-13H,14H2,(H,25,28). The molecule has 0 radical (unpaired) electrons. The second kappa shape index (κ2) is 7.93. The molecule has 2 aromatic carbocycles. The number of hydrogen-bond donors (Lipinski definition) is 1. The number of nitrogens with zero attached hydrogens (tertiary/aromatic N) is 2. The third-order valence-electron chi connectivity index (χ3n) is 4.24. The fraction of sp³-hybridized carbons (Fsp3) is 0.0455. The van der Waals surface area contributed by atoms with Gasteiger partial charge in [0.1, 0.15) is 23.8 Å². The molecule has 0 fully saturated rings. The minimum Gasteiger partial charge on any atom is -0.485 e. The molecule has 144 valence electrons. The van der Waals surface area contributed by atoms with Crippen LogP contribution < -0.4 is 15.6 Å². The molecule has 0 saturated carbocycles. The molecule has 1 N–H and O–H groups in total. The maximum atomic E-state index is 13.0. The van der Waals surface area contributed by atoms with Crippen LogP contribution in [0.25, 0.3) is 5.65 Å². The first-order chi connectivity index (χ1) is 14.1. The van der Waals surface area contributed by atoms with Crippen molar-refractivity contribution in [2.45, 2.75) is 6.61 Å². The van der Waals surface area contributed by atoms with Gasteiger partial charge in [-0.3, -0.25) is 14.0 Å². The number of hydrogen-bond acceptors (Lipinski definition) is 4. The summed E-state index contributed by atoms with van der Waals surface area (Å²) in [6.45, 7) is 0.0596. The molecular weight excluding hydrogens is 373 g/mol. The average molecular weight is 389 g/mol. The van der Waals surface area contributed by atoms with E-state index in [1.54, 1.807) is 48.7 Å². The van der Waals surface area contributed by atoms with Crippen molar-refractivity contribution in [2.75, 3.05) is 5.32 Å². The van der Waals surface area contributed by atoms with Gasteiger partial charge in [0.25, 0.3) is 11.5 Å². The van der Waals surface area contributed by atoms with E-state index in [0.717, 1.165) is 0 Å². The largest absolute Gasteiger partial charge is 0.485 e. The summed E-state index contributed by atoms with van der Waals surface area (Å²) in [4.78, 5) is 29.0. The fourth-order valence-electron chi connectivity index (χ4n) is 2.82. The summed E-state index contributed by atoms with van der Waals surface area (Å²) in [5.74, 6) is -0.370. The number of halogens is 1. The molecule has 0 aliphatic heterocycles.